The Kier molecular flexibility index (Phi) is 2.15. The van der Waals surface area contributed by atoms with Gasteiger partial charge in [-0.15, -0.1) is 7.05 Å². The molecule has 0 fully saturated rings. The maximum Gasteiger partial charge on any atom is 0.354 e. The van der Waals surface area contributed by atoms with Gasteiger partial charge in [-0.3, -0.25) is 0 Å². The van der Waals surface area contributed by atoms with Gasteiger partial charge in [0.25, 0.3) is 0 Å². The summed E-state index contributed by atoms with van der Waals surface area (Å²) in [5, 5.41) is 0. The Morgan fingerprint density at radius 2 is 2.67 bits per heavy atom. The van der Waals surface area contributed by atoms with E-state index >= 15 is 0 Å². The summed E-state index contributed by atoms with van der Waals surface area (Å²) in [4.78, 5) is 9.64. The number of carbonyl (C=O) groups excluding carboxylic acids is 1. The number of hydrogen-bond acceptors (Lipinski definition) is 1. The highest BCUT2D eigenvalue weighted by molar-refractivity contribution is 5.69. The lowest BCUT2D eigenvalue weighted by molar-refractivity contribution is -0.641. The van der Waals surface area contributed by atoms with Gasteiger partial charge in [-0.1, -0.05) is 0 Å². The zero-order valence-electron chi connectivity index (χ0n) is 3.27. The molecular weight excluding hydrogens is 82.0 g/mol. The minimum Gasteiger partial charge on any atom is -0.371 e. The van der Waals surface area contributed by atoms with Crippen molar-refractivity contribution < 1.29 is 11.6 Å². The molecule has 0 saturated carbocycles. The average molecular weight is 91.1 g/mol. The van der Waals surface area contributed by atoms with Crippen LogP contribution in [0.3, 0.4) is 0 Å². The van der Waals surface area contributed by atoms with Gasteiger partial charge < -0.3 is 11.2 Å². The molecule has 0 aliphatic heterocycles. The number of nitrogens with two attached hydrogens (primary N) is 2. The molecule has 0 bridgehead atoms. The first-order chi connectivity index (χ1) is 2.77. The van der Waals surface area contributed by atoms with Crippen molar-refractivity contribution in [1.29, 1.82) is 0 Å². The molecule has 0 atom stereocenters. The van der Waals surface area contributed by atoms with Gasteiger partial charge in [0.2, 0.25) is 0 Å². The monoisotopic (exact) mass is 91.1 g/mol. The van der Waals surface area contributed by atoms with Crippen molar-refractivity contribution in [3.8, 4) is 0 Å². The second kappa shape index (κ2) is 2.47. The number of quaternary nitrogens is 1. The summed E-state index contributed by atoms with van der Waals surface area (Å²) >= 11 is 0. The number of urea groups is 1. The highest BCUT2D eigenvalue weighted by Gasteiger charge is 1.79. The van der Waals surface area contributed by atoms with E-state index in [9.17, 15) is 4.79 Å². The maximum atomic E-state index is 9.64. The Balaban J connectivity index is 0. The van der Waals surface area contributed by atoms with Crippen LogP contribution >= 0.6 is 0 Å². The van der Waals surface area contributed by atoms with E-state index in [4.69, 9.17) is 0 Å². The summed E-state index contributed by atoms with van der Waals surface area (Å²) in [6.45, 7) is 0. The molecule has 0 saturated heterocycles. The van der Waals surface area contributed by atoms with E-state index in [2.05, 4.69) is 18.2 Å². The second-order valence-electron chi connectivity index (χ2n) is 0.713. The number of nitrogens with one attached hydrogen (secondary N) is 1. The first kappa shape index (κ1) is 5.23. The summed E-state index contributed by atoms with van der Waals surface area (Å²) in [5.41, 5.74) is 7.92. The molecule has 5 N–H and O–H groups in total. The second-order valence-corrected chi connectivity index (χ2v) is 0.713. The molecule has 0 aliphatic rings. The molecular formula is C2H9N3O. The zero-order valence-corrected chi connectivity index (χ0v) is 3.27. The molecule has 0 spiro atoms. The molecule has 4 nitrogen and oxygen atoms in total. The van der Waals surface area contributed by atoms with Gasteiger partial charge in [0.05, 0.1) is 0 Å². The predicted molar refractivity (Wildman–Crippen MR) is 22.1 cm³/mol. The van der Waals surface area contributed by atoms with Crippen molar-refractivity contribution in [2.75, 3.05) is 0 Å². The van der Waals surface area contributed by atoms with Crippen molar-refractivity contribution in [2.45, 2.75) is 0 Å². The summed E-state index contributed by atoms with van der Waals surface area (Å²) in [6.07, 6.45) is 0. The molecule has 2 amide bonds. The molecule has 0 aliphatic carbocycles. The van der Waals surface area contributed by atoms with Gasteiger partial charge in [-0.05, 0) is 0 Å². The van der Waals surface area contributed by atoms with Crippen LogP contribution in [-0.4, -0.2) is 6.03 Å². The first-order valence-corrected chi connectivity index (χ1v) is 1.44. The summed E-state index contributed by atoms with van der Waals surface area (Å²) in [6, 6.07) is -0.579. The Morgan fingerprint density at radius 1 is 2.17 bits per heavy atom. The van der Waals surface area contributed by atoms with Crippen molar-refractivity contribution in [1.82, 2.24) is 5.43 Å². The third kappa shape index (κ3) is 3.23. The average Bonchev–Trinajstić information content (AvgIpc) is 1.35. The van der Waals surface area contributed by atoms with E-state index in [1.807, 2.05) is 0 Å². The Labute approximate surface area is 37.2 Å². The fourth-order valence-electron chi connectivity index (χ4n) is 0.101. The van der Waals surface area contributed by atoms with Crippen LogP contribution in [0.5, 0.6) is 0 Å². The van der Waals surface area contributed by atoms with Crippen LogP contribution in [0.25, 0.3) is 0 Å². The lowest BCUT2D eigenvalue weighted by Crippen LogP contribution is -2.89. The Morgan fingerprint density at radius 3 is 2.67 bits per heavy atom. The van der Waals surface area contributed by atoms with Crippen LogP contribution < -0.4 is 16.6 Å². The molecule has 6 heavy (non-hydrogen) atoms. The minimum absolute atomic E-state index is 0. The van der Waals surface area contributed by atoms with E-state index in [1.165, 1.54) is 5.43 Å². The van der Waals surface area contributed by atoms with E-state index in [0.717, 1.165) is 0 Å². The lowest BCUT2D eigenvalue weighted by Gasteiger charge is -1.93. The van der Waals surface area contributed by atoms with Crippen molar-refractivity contribution in [3.05, 3.63) is 7.05 Å². The van der Waals surface area contributed by atoms with E-state index in [1.54, 1.807) is 0 Å². The number of hydrogen-bond donors (Lipinski definition) is 3. The molecule has 0 heterocycles. The van der Waals surface area contributed by atoms with Crippen LogP contribution in [0.1, 0.15) is 1.43 Å². The first-order valence-electron chi connectivity index (χ1n) is 1.44. The molecule has 38 valence electrons. The van der Waals surface area contributed by atoms with Gasteiger partial charge in [0.15, 0.2) is 0 Å². The topological polar surface area (TPSA) is 71.7 Å². The summed E-state index contributed by atoms with van der Waals surface area (Å²) in [7, 11) is 3.19. The van der Waals surface area contributed by atoms with Gasteiger partial charge in [-0.2, -0.15) is 0 Å². The lowest BCUT2D eigenvalue weighted by atomic mass is 11.1. The van der Waals surface area contributed by atoms with Crippen LogP contribution in [0.2, 0.25) is 0 Å². The third-order valence-electron chi connectivity index (χ3n) is 0.244. The Bertz CT molecular complexity index is 56.9. The molecule has 0 aromatic heterocycles. The SMILES string of the molecule is [CH2-][NH2+]NC(N)=O.[HH]. The van der Waals surface area contributed by atoms with Crippen molar-refractivity contribution in [2.24, 2.45) is 5.73 Å². The summed E-state index contributed by atoms with van der Waals surface area (Å²) < 4.78 is 0. The molecule has 4 heteroatoms. The van der Waals surface area contributed by atoms with Crippen molar-refractivity contribution >= 4 is 6.03 Å². The molecule has 0 radical (unpaired) electrons. The zero-order chi connectivity index (χ0) is 4.99. The quantitative estimate of drug-likeness (QED) is 0.151. The Hall–Kier alpha value is -0.770. The maximum absolute atomic E-state index is 9.64. The number of primary amides is 1. The normalized spacial score (nSPS) is 7.50. The predicted octanol–water partition coefficient (Wildman–Crippen LogP) is -1.83. The van der Waals surface area contributed by atoms with Gasteiger partial charge in [-0.25, -0.2) is 10.2 Å². The van der Waals surface area contributed by atoms with Crippen molar-refractivity contribution in [3.63, 3.8) is 0 Å². The number of carbonyl (C=O) groups is 1. The molecule has 0 rings (SSSR count). The number of rotatable bonds is 1. The third-order valence-corrected chi connectivity index (χ3v) is 0.244. The summed E-state index contributed by atoms with van der Waals surface area (Å²) in [5.74, 6) is 0. The largest absolute Gasteiger partial charge is 0.371 e. The fourth-order valence-corrected chi connectivity index (χ4v) is 0.101. The van der Waals surface area contributed by atoms with E-state index in [0.29, 0.717) is 0 Å². The smallest absolute Gasteiger partial charge is 0.354 e. The fraction of sp³-hybridized carbons (Fsp3) is 0. The van der Waals surface area contributed by atoms with E-state index in [-0.39, 0.29) is 1.43 Å². The molecule has 0 aromatic rings. The van der Waals surface area contributed by atoms with E-state index < -0.39 is 6.03 Å². The number of amides is 2. The minimum atomic E-state index is -0.579. The van der Waals surface area contributed by atoms with Gasteiger partial charge in [0.1, 0.15) is 0 Å². The van der Waals surface area contributed by atoms with Crippen LogP contribution in [0, 0.1) is 7.05 Å². The van der Waals surface area contributed by atoms with Crippen LogP contribution in [0.15, 0.2) is 0 Å². The molecule has 0 aromatic carbocycles. The highest BCUT2D eigenvalue weighted by Crippen LogP contribution is 1.34. The standard InChI is InChI=1S/C2H7N3O.H2/c1-4-5-2(3)6;/h1,4H2,(H3,3,5,6);1H. The van der Waals surface area contributed by atoms with Gasteiger partial charge in [0, 0.05) is 1.43 Å². The van der Waals surface area contributed by atoms with Crippen LogP contribution in [0.4, 0.5) is 4.79 Å². The highest BCUT2D eigenvalue weighted by atomic mass is 16.2. The van der Waals surface area contributed by atoms with Crippen LogP contribution in [-0.2, 0) is 0 Å². The van der Waals surface area contributed by atoms with Gasteiger partial charge >= 0.3 is 6.03 Å². The molecule has 0 unspecified atom stereocenters.